The van der Waals surface area contributed by atoms with Crippen LogP contribution in [0, 0.1) is 0 Å². The van der Waals surface area contributed by atoms with E-state index in [-0.39, 0.29) is 18.5 Å². The molecular weight excluding hydrogens is 222 g/mol. The molecule has 1 aromatic heterocycles. The molecule has 1 heterocycles. The number of nitrogens with zero attached hydrogens (tertiary/aromatic N) is 2. The highest BCUT2D eigenvalue weighted by atomic mass is 16.5. The molecule has 0 saturated heterocycles. The molecule has 2 N–H and O–H groups in total. The predicted octanol–water partition coefficient (Wildman–Crippen LogP) is 0.800. The zero-order chi connectivity index (χ0) is 12.4. The maximum absolute atomic E-state index is 11.3. The van der Waals surface area contributed by atoms with Crippen LogP contribution < -0.4 is 10.5 Å². The molecule has 6 heteroatoms. The minimum Gasteiger partial charge on any atom is -0.494 e. The molecule has 0 aliphatic carbocycles. The smallest absolute Gasteiger partial charge is 0.325 e. The third-order valence-electron chi connectivity index (χ3n) is 2.51. The molecule has 1 aromatic carbocycles. The highest BCUT2D eigenvalue weighted by Gasteiger charge is 2.14. The van der Waals surface area contributed by atoms with Crippen LogP contribution in [0.1, 0.15) is 0 Å². The normalized spacial score (nSPS) is 10.5. The van der Waals surface area contributed by atoms with Gasteiger partial charge in [-0.1, -0.05) is 6.07 Å². The Labute approximate surface area is 97.9 Å². The van der Waals surface area contributed by atoms with Crippen molar-refractivity contribution in [3.63, 3.8) is 0 Å². The number of carbonyl (C=O) groups excluding carboxylic acids is 1. The third-order valence-corrected chi connectivity index (χ3v) is 2.51. The minimum absolute atomic E-state index is 0.0337. The average Bonchev–Trinajstić information content (AvgIpc) is 2.66. The number of carbonyl (C=O) groups is 1. The van der Waals surface area contributed by atoms with Crippen LogP contribution in [0.3, 0.4) is 0 Å². The van der Waals surface area contributed by atoms with Crippen molar-refractivity contribution < 1.29 is 14.3 Å². The van der Waals surface area contributed by atoms with Gasteiger partial charge in [0.05, 0.1) is 19.7 Å². The maximum Gasteiger partial charge on any atom is 0.325 e. The molecule has 0 saturated carbocycles. The van der Waals surface area contributed by atoms with Crippen molar-refractivity contribution in [3.05, 3.63) is 18.2 Å². The second-order valence-corrected chi connectivity index (χ2v) is 3.46. The van der Waals surface area contributed by atoms with Crippen molar-refractivity contribution in [2.75, 3.05) is 20.0 Å². The van der Waals surface area contributed by atoms with Gasteiger partial charge in [-0.15, -0.1) is 0 Å². The van der Waals surface area contributed by atoms with Crippen LogP contribution in [0.4, 0.5) is 5.95 Å². The molecule has 0 amide bonds. The summed E-state index contributed by atoms with van der Waals surface area (Å²) in [5.74, 6) is 0.506. The molecule has 0 fully saturated rings. The van der Waals surface area contributed by atoms with Crippen molar-refractivity contribution in [2.45, 2.75) is 6.54 Å². The lowest BCUT2D eigenvalue weighted by molar-refractivity contribution is -0.141. The van der Waals surface area contributed by atoms with Crippen LogP contribution in [0.15, 0.2) is 18.2 Å². The molecule has 0 unspecified atom stereocenters. The van der Waals surface area contributed by atoms with E-state index in [1.807, 2.05) is 12.1 Å². The van der Waals surface area contributed by atoms with Crippen molar-refractivity contribution in [1.82, 2.24) is 9.55 Å². The largest absolute Gasteiger partial charge is 0.494 e. The van der Waals surface area contributed by atoms with Crippen LogP contribution in [0.25, 0.3) is 11.0 Å². The van der Waals surface area contributed by atoms with Gasteiger partial charge in [0.2, 0.25) is 5.95 Å². The molecule has 17 heavy (non-hydrogen) atoms. The Morgan fingerprint density at radius 3 is 2.88 bits per heavy atom. The monoisotopic (exact) mass is 235 g/mol. The molecule has 0 atom stereocenters. The maximum atomic E-state index is 11.3. The Morgan fingerprint density at radius 2 is 2.24 bits per heavy atom. The van der Waals surface area contributed by atoms with Crippen LogP contribution >= 0.6 is 0 Å². The number of nitrogens with two attached hydrogens (primary N) is 1. The number of nitrogen functional groups attached to an aromatic ring is 1. The number of benzene rings is 1. The molecule has 90 valence electrons. The van der Waals surface area contributed by atoms with Gasteiger partial charge >= 0.3 is 5.97 Å². The number of imidazole rings is 1. The molecule has 0 radical (unpaired) electrons. The first-order valence-electron chi connectivity index (χ1n) is 5.03. The van der Waals surface area contributed by atoms with Gasteiger partial charge in [-0.05, 0) is 12.1 Å². The van der Waals surface area contributed by atoms with Crippen LogP contribution in [0.5, 0.6) is 5.75 Å². The molecule has 0 bridgehead atoms. The van der Waals surface area contributed by atoms with E-state index >= 15 is 0 Å². The highest BCUT2D eigenvalue weighted by Crippen LogP contribution is 2.26. The van der Waals surface area contributed by atoms with Gasteiger partial charge in [0.25, 0.3) is 0 Å². The van der Waals surface area contributed by atoms with Gasteiger partial charge in [0.15, 0.2) is 0 Å². The van der Waals surface area contributed by atoms with Gasteiger partial charge in [-0.3, -0.25) is 9.36 Å². The highest BCUT2D eigenvalue weighted by molar-refractivity contribution is 5.85. The van der Waals surface area contributed by atoms with Crippen LogP contribution in [-0.2, 0) is 16.1 Å². The average molecular weight is 235 g/mol. The minimum atomic E-state index is -0.376. The Morgan fingerprint density at radius 1 is 1.47 bits per heavy atom. The summed E-state index contributed by atoms with van der Waals surface area (Å²) in [6.45, 7) is 0.0337. The van der Waals surface area contributed by atoms with E-state index in [4.69, 9.17) is 10.5 Å². The van der Waals surface area contributed by atoms with Crippen LogP contribution in [0.2, 0.25) is 0 Å². The number of hydrogen-bond acceptors (Lipinski definition) is 5. The van der Waals surface area contributed by atoms with E-state index in [2.05, 4.69) is 9.72 Å². The Bertz CT molecular complexity index is 562. The fourth-order valence-corrected chi connectivity index (χ4v) is 1.66. The summed E-state index contributed by atoms with van der Waals surface area (Å²) in [7, 11) is 2.89. The summed E-state index contributed by atoms with van der Waals surface area (Å²) in [6.07, 6.45) is 0. The Hall–Kier alpha value is -2.24. The SMILES string of the molecule is COC(=O)Cn1c(N)nc2c(OC)cccc21. The number of aromatic nitrogens is 2. The van der Waals surface area contributed by atoms with Crippen LogP contribution in [-0.4, -0.2) is 29.7 Å². The number of anilines is 1. The quantitative estimate of drug-likeness (QED) is 0.796. The van der Waals surface area contributed by atoms with Gasteiger partial charge in [-0.2, -0.15) is 0 Å². The molecule has 0 spiro atoms. The lowest BCUT2D eigenvalue weighted by Gasteiger charge is -2.05. The summed E-state index contributed by atoms with van der Waals surface area (Å²) in [6, 6.07) is 5.43. The number of methoxy groups -OCH3 is 2. The molecule has 6 nitrogen and oxygen atoms in total. The number of para-hydroxylation sites is 1. The summed E-state index contributed by atoms with van der Waals surface area (Å²) in [5.41, 5.74) is 7.15. The standard InChI is InChI=1S/C11H13N3O3/c1-16-8-5-3-4-7-10(8)13-11(12)14(7)6-9(15)17-2/h3-5H,6H2,1-2H3,(H2,12,13). The Balaban J connectivity index is 2.56. The van der Waals surface area contributed by atoms with Gasteiger partial charge < -0.3 is 15.2 Å². The second kappa shape index (κ2) is 4.32. The molecular formula is C11H13N3O3. The topological polar surface area (TPSA) is 79.4 Å². The first kappa shape index (κ1) is 11.3. The summed E-state index contributed by atoms with van der Waals surface area (Å²) in [5, 5.41) is 0. The summed E-state index contributed by atoms with van der Waals surface area (Å²) >= 11 is 0. The second-order valence-electron chi connectivity index (χ2n) is 3.46. The molecule has 0 aliphatic rings. The van der Waals surface area contributed by atoms with E-state index < -0.39 is 0 Å². The fraction of sp³-hybridized carbons (Fsp3) is 0.273. The van der Waals surface area contributed by atoms with Gasteiger partial charge in [0, 0.05) is 0 Å². The van der Waals surface area contributed by atoms with Crippen molar-refractivity contribution in [3.8, 4) is 5.75 Å². The fourth-order valence-electron chi connectivity index (χ4n) is 1.66. The van der Waals surface area contributed by atoms with E-state index in [1.165, 1.54) is 7.11 Å². The van der Waals surface area contributed by atoms with Crippen molar-refractivity contribution in [2.24, 2.45) is 0 Å². The van der Waals surface area contributed by atoms with E-state index in [1.54, 1.807) is 17.7 Å². The number of ether oxygens (including phenoxy) is 2. The zero-order valence-electron chi connectivity index (χ0n) is 9.64. The number of esters is 1. The van der Waals surface area contributed by atoms with E-state index in [0.29, 0.717) is 11.3 Å². The van der Waals surface area contributed by atoms with Gasteiger partial charge in [0.1, 0.15) is 17.8 Å². The molecule has 2 rings (SSSR count). The number of fused-ring (bicyclic) bond motifs is 1. The lowest BCUT2D eigenvalue weighted by atomic mass is 10.3. The van der Waals surface area contributed by atoms with E-state index in [0.717, 1.165) is 5.52 Å². The number of hydrogen-bond donors (Lipinski definition) is 1. The predicted molar refractivity (Wildman–Crippen MR) is 62.7 cm³/mol. The van der Waals surface area contributed by atoms with Crippen molar-refractivity contribution >= 4 is 23.0 Å². The zero-order valence-corrected chi connectivity index (χ0v) is 9.64. The Kier molecular flexibility index (Phi) is 2.86. The third kappa shape index (κ3) is 1.89. The molecule has 2 aromatic rings. The number of rotatable bonds is 3. The first-order chi connectivity index (χ1) is 8.17. The summed E-state index contributed by atoms with van der Waals surface area (Å²) < 4.78 is 11.4. The first-order valence-corrected chi connectivity index (χ1v) is 5.03. The molecule has 0 aliphatic heterocycles. The van der Waals surface area contributed by atoms with Gasteiger partial charge in [-0.25, -0.2) is 4.98 Å². The van der Waals surface area contributed by atoms with Crippen molar-refractivity contribution in [1.29, 1.82) is 0 Å². The van der Waals surface area contributed by atoms with E-state index in [9.17, 15) is 4.79 Å². The summed E-state index contributed by atoms with van der Waals surface area (Å²) in [4.78, 5) is 15.5. The lowest BCUT2D eigenvalue weighted by Crippen LogP contribution is -2.13.